The Labute approximate surface area is 120 Å². The van der Waals surface area contributed by atoms with E-state index in [4.69, 9.17) is 10.5 Å². The van der Waals surface area contributed by atoms with E-state index >= 15 is 0 Å². The number of nitrogens with zero attached hydrogens (tertiary/aromatic N) is 1. The molecule has 0 saturated carbocycles. The van der Waals surface area contributed by atoms with Crippen LogP contribution in [0.15, 0.2) is 18.2 Å². The number of rotatable bonds is 3. The van der Waals surface area contributed by atoms with Crippen LogP contribution in [0.3, 0.4) is 0 Å². The van der Waals surface area contributed by atoms with Crippen LogP contribution in [0.25, 0.3) is 0 Å². The molecule has 0 radical (unpaired) electrons. The molecule has 20 heavy (non-hydrogen) atoms. The summed E-state index contributed by atoms with van der Waals surface area (Å²) in [7, 11) is 0. The molecule has 5 heteroatoms. The van der Waals surface area contributed by atoms with Crippen LogP contribution in [0.5, 0.6) is 0 Å². The van der Waals surface area contributed by atoms with E-state index in [9.17, 15) is 4.79 Å². The Balaban J connectivity index is 2.00. The van der Waals surface area contributed by atoms with E-state index in [1.165, 1.54) is 0 Å². The average molecular weight is 277 g/mol. The minimum absolute atomic E-state index is 0.00646. The predicted molar refractivity (Wildman–Crippen MR) is 80.7 cm³/mol. The number of benzene rings is 1. The molecule has 0 aromatic heterocycles. The third-order valence-corrected chi connectivity index (χ3v) is 3.71. The van der Waals surface area contributed by atoms with Crippen LogP contribution in [-0.2, 0) is 9.53 Å². The molecule has 110 valence electrons. The normalized spacial score (nSPS) is 21.4. The van der Waals surface area contributed by atoms with Crippen molar-refractivity contribution < 1.29 is 9.53 Å². The molecule has 0 spiro atoms. The summed E-state index contributed by atoms with van der Waals surface area (Å²) in [6.45, 7) is 8.16. The van der Waals surface area contributed by atoms with Gasteiger partial charge in [0.25, 0.3) is 0 Å². The largest absolute Gasteiger partial charge is 0.399 e. The van der Waals surface area contributed by atoms with Crippen molar-refractivity contribution in [2.45, 2.75) is 32.9 Å². The molecular weight excluding hydrogens is 254 g/mol. The lowest BCUT2D eigenvalue weighted by atomic mass is 10.1. The molecule has 2 rings (SSSR count). The number of amides is 1. The Morgan fingerprint density at radius 1 is 1.55 bits per heavy atom. The summed E-state index contributed by atoms with van der Waals surface area (Å²) in [6.07, 6.45) is 0.178. The molecule has 2 unspecified atom stereocenters. The van der Waals surface area contributed by atoms with Gasteiger partial charge in [0, 0.05) is 24.5 Å². The third kappa shape index (κ3) is 3.49. The van der Waals surface area contributed by atoms with E-state index < -0.39 is 0 Å². The maximum absolute atomic E-state index is 12.3. The van der Waals surface area contributed by atoms with Gasteiger partial charge >= 0.3 is 0 Å². The van der Waals surface area contributed by atoms with Crippen molar-refractivity contribution in [1.82, 2.24) is 4.90 Å². The van der Waals surface area contributed by atoms with E-state index in [1.54, 1.807) is 6.07 Å². The lowest BCUT2D eigenvalue weighted by Gasteiger charge is -2.34. The maximum Gasteiger partial charge on any atom is 0.241 e. The molecule has 1 aromatic rings. The van der Waals surface area contributed by atoms with E-state index in [-0.39, 0.29) is 18.1 Å². The zero-order chi connectivity index (χ0) is 14.7. The van der Waals surface area contributed by atoms with Gasteiger partial charge in [-0.1, -0.05) is 0 Å². The number of aryl methyl sites for hydroxylation is 1. The summed E-state index contributed by atoms with van der Waals surface area (Å²) in [6, 6.07) is 5.33. The fourth-order valence-electron chi connectivity index (χ4n) is 2.43. The highest BCUT2D eigenvalue weighted by molar-refractivity contribution is 5.95. The Kier molecular flexibility index (Phi) is 4.62. The first-order chi connectivity index (χ1) is 9.47. The minimum atomic E-state index is -0.168. The lowest BCUT2D eigenvalue weighted by Crippen LogP contribution is -2.50. The second kappa shape index (κ2) is 6.24. The number of anilines is 2. The summed E-state index contributed by atoms with van der Waals surface area (Å²) in [4.78, 5) is 14.5. The highest BCUT2D eigenvalue weighted by Crippen LogP contribution is 2.18. The van der Waals surface area contributed by atoms with E-state index in [0.717, 1.165) is 24.3 Å². The number of hydrogen-bond acceptors (Lipinski definition) is 4. The minimum Gasteiger partial charge on any atom is -0.399 e. The van der Waals surface area contributed by atoms with Crippen molar-refractivity contribution in [1.29, 1.82) is 0 Å². The molecule has 1 saturated heterocycles. The Morgan fingerprint density at radius 2 is 2.30 bits per heavy atom. The molecule has 1 heterocycles. The molecule has 1 fully saturated rings. The number of nitrogens with two attached hydrogens (primary N) is 1. The SMILES string of the molecule is Cc1cc(N)ccc1NC(=O)C(C)N1CCOC(C)C1. The molecule has 1 amide bonds. The van der Waals surface area contributed by atoms with Gasteiger partial charge in [-0.25, -0.2) is 0 Å². The smallest absolute Gasteiger partial charge is 0.241 e. The van der Waals surface area contributed by atoms with Crippen molar-refractivity contribution in [3.8, 4) is 0 Å². The van der Waals surface area contributed by atoms with Crippen molar-refractivity contribution in [3.05, 3.63) is 23.8 Å². The van der Waals surface area contributed by atoms with Crippen LogP contribution in [-0.4, -0.2) is 42.6 Å². The summed E-state index contributed by atoms with van der Waals surface area (Å²) in [5, 5.41) is 2.97. The molecule has 3 N–H and O–H groups in total. The fraction of sp³-hybridized carbons (Fsp3) is 0.533. The van der Waals surface area contributed by atoms with Gasteiger partial charge in [-0.2, -0.15) is 0 Å². The molecule has 0 bridgehead atoms. The van der Waals surface area contributed by atoms with Crippen LogP contribution < -0.4 is 11.1 Å². The van der Waals surface area contributed by atoms with Gasteiger partial charge in [-0.05, 0) is 44.5 Å². The Morgan fingerprint density at radius 3 is 2.95 bits per heavy atom. The average Bonchev–Trinajstić information content (AvgIpc) is 2.41. The van der Waals surface area contributed by atoms with Crippen molar-refractivity contribution in [2.75, 3.05) is 30.7 Å². The number of ether oxygens (including phenoxy) is 1. The van der Waals surface area contributed by atoms with Gasteiger partial charge in [0.2, 0.25) is 5.91 Å². The lowest BCUT2D eigenvalue weighted by molar-refractivity contribution is -0.123. The molecule has 1 aliphatic rings. The van der Waals surface area contributed by atoms with Gasteiger partial charge in [0.15, 0.2) is 0 Å². The highest BCUT2D eigenvalue weighted by Gasteiger charge is 2.26. The van der Waals surface area contributed by atoms with Gasteiger partial charge in [0.05, 0.1) is 18.8 Å². The molecule has 1 aliphatic heterocycles. The first-order valence-corrected chi connectivity index (χ1v) is 7.00. The first-order valence-electron chi connectivity index (χ1n) is 7.00. The van der Waals surface area contributed by atoms with Crippen LogP contribution in [0.2, 0.25) is 0 Å². The first kappa shape index (κ1) is 14.8. The van der Waals surface area contributed by atoms with Crippen LogP contribution in [0, 0.1) is 6.92 Å². The van der Waals surface area contributed by atoms with Gasteiger partial charge in [-0.15, -0.1) is 0 Å². The highest BCUT2D eigenvalue weighted by atomic mass is 16.5. The second-order valence-corrected chi connectivity index (χ2v) is 5.42. The summed E-state index contributed by atoms with van der Waals surface area (Å²) < 4.78 is 5.50. The topological polar surface area (TPSA) is 67.6 Å². The zero-order valence-electron chi connectivity index (χ0n) is 12.3. The quantitative estimate of drug-likeness (QED) is 0.824. The maximum atomic E-state index is 12.3. The zero-order valence-corrected chi connectivity index (χ0v) is 12.3. The number of nitrogens with one attached hydrogen (secondary N) is 1. The molecular formula is C15H23N3O2. The Hall–Kier alpha value is -1.59. The standard InChI is InChI=1S/C15H23N3O2/c1-10-8-13(16)4-5-14(10)17-15(19)12(3)18-6-7-20-11(2)9-18/h4-5,8,11-12H,6-7,9,16H2,1-3H3,(H,17,19). The van der Waals surface area contributed by atoms with Crippen molar-refractivity contribution in [3.63, 3.8) is 0 Å². The number of carbonyl (C=O) groups excluding carboxylic acids is 1. The van der Waals surface area contributed by atoms with Crippen LogP contribution in [0.1, 0.15) is 19.4 Å². The van der Waals surface area contributed by atoms with E-state index in [0.29, 0.717) is 12.3 Å². The van der Waals surface area contributed by atoms with Crippen LogP contribution in [0.4, 0.5) is 11.4 Å². The number of nitrogen functional groups attached to an aromatic ring is 1. The van der Waals surface area contributed by atoms with Crippen LogP contribution >= 0.6 is 0 Å². The predicted octanol–water partition coefficient (Wildman–Crippen LogP) is 1.62. The summed E-state index contributed by atoms with van der Waals surface area (Å²) in [5.74, 6) is 0.00646. The van der Waals surface area contributed by atoms with Gasteiger partial charge < -0.3 is 15.8 Å². The second-order valence-electron chi connectivity index (χ2n) is 5.42. The molecule has 5 nitrogen and oxygen atoms in total. The third-order valence-electron chi connectivity index (χ3n) is 3.71. The van der Waals surface area contributed by atoms with E-state index in [1.807, 2.05) is 32.9 Å². The summed E-state index contributed by atoms with van der Waals surface area (Å²) in [5.41, 5.74) is 8.21. The molecule has 2 atom stereocenters. The molecule has 1 aromatic carbocycles. The van der Waals surface area contributed by atoms with Gasteiger partial charge in [0.1, 0.15) is 0 Å². The number of carbonyl (C=O) groups is 1. The molecule has 0 aliphatic carbocycles. The number of morpholine rings is 1. The summed E-state index contributed by atoms with van der Waals surface area (Å²) >= 11 is 0. The fourth-order valence-corrected chi connectivity index (χ4v) is 2.43. The monoisotopic (exact) mass is 277 g/mol. The van der Waals surface area contributed by atoms with E-state index in [2.05, 4.69) is 10.2 Å². The Bertz CT molecular complexity index is 490. The number of hydrogen-bond donors (Lipinski definition) is 2. The van der Waals surface area contributed by atoms with Gasteiger partial charge in [-0.3, -0.25) is 9.69 Å². The van der Waals surface area contributed by atoms with Crippen molar-refractivity contribution >= 4 is 17.3 Å². The van der Waals surface area contributed by atoms with Crippen molar-refractivity contribution in [2.24, 2.45) is 0 Å².